The van der Waals surface area contributed by atoms with E-state index in [1.807, 2.05) is 0 Å². The summed E-state index contributed by atoms with van der Waals surface area (Å²) in [6.45, 7) is 1.83. The Bertz CT molecular complexity index is 416. The molecule has 0 amide bonds. The van der Waals surface area contributed by atoms with Crippen molar-refractivity contribution in [2.75, 3.05) is 33.5 Å². The number of ether oxygens (including phenoxy) is 3. The average Bonchev–Trinajstić information content (AvgIpc) is 2.37. The number of nitro groups is 1. The Morgan fingerprint density at radius 3 is 2.79 bits per heavy atom. The van der Waals surface area contributed by atoms with E-state index < -0.39 is 4.92 Å². The van der Waals surface area contributed by atoms with Gasteiger partial charge in [-0.15, -0.1) is 0 Å². The van der Waals surface area contributed by atoms with Crippen molar-refractivity contribution in [3.63, 3.8) is 0 Å². The van der Waals surface area contributed by atoms with Crippen molar-refractivity contribution < 1.29 is 19.1 Å². The third-order valence-corrected chi connectivity index (χ3v) is 2.27. The largest absolute Gasteiger partial charge is 0.475 e. The summed E-state index contributed by atoms with van der Waals surface area (Å²) < 4.78 is 15.4. The molecule has 0 spiro atoms. The average molecular weight is 291 g/mol. The monoisotopic (exact) mass is 290 g/mol. The van der Waals surface area contributed by atoms with Gasteiger partial charge in [0.2, 0.25) is 5.88 Å². The summed E-state index contributed by atoms with van der Waals surface area (Å²) in [6.07, 6.45) is 0.803. The minimum Gasteiger partial charge on any atom is -0.475 e. The van der Waals surface area contributed by atoms with Crippen LogP contribution in [0.2, 0.25) is 5.15 Å². The Morgan fingerprint density at radius 1 is 1.32 bits per heavy atom. The lowest BCUT2D eigenvalue weighted by molar-refractivity contribution is -0.385. The minimum absolute atomic E-state index is 0.0187. The second kappa shape index (κ2) is 8.63. The van der Waals surface area contributed by atoms with E-state index in [4.69, 9.17) is 25.8 Å². The lowest BCUT2D eigenvalue weighted by Crippen LogP contribution is -2.09. The summed E-state index contributed by atoms with van der Waals surface area (Å²) in [7, 11) is 1.63. The Hall–Kier alpha value is -1.44. The highest BCUT2D eigenvalue weighted by Gasteiger charge is 2.10. The fraction of sp³-hybridized carbons (Fsp3) is 0.545. The van der Waals surface area contributed by atoms with Gasteiger partial charge in [0.15, 0.2) is 0 Å². The third kappa shape index (κ3) is 6.32. The zero-order valence-corrected chi connectivity index (χ0v) is 11.3. The number of aromatic nitrogens is 1. The Kier molecular flexibility index (Phi) is 7.09. The van der Waals surface area contributed by atoms with Crippen LogP contribution in [0.25, 0.3) is 0 Å². The van der Waals surface area contributed by atoms with Gasteiger partial charge in [-0.1, -0.05) is 11.6 Å². The van der Waals surface area contributed by atoms with Crippen LogP contribution in [0.3, 0.4) is 0 Å². The molecular formula is C11H15ClN2O5. The van der Waals surface area contributed by atoms with Crippen molar-refractivity contribution in [3.05, 3.63) is 27.4 Å². The standard InChI is InChI=1S/C11H15ClN2O5/c1-17-3-2-4-18-5-6-19-11-8-9(14(15)16)7-10(12)13-11/h7-8H,2-6H2,1H3. The highest BCUT2D eigenvalue weighted by Crippen LogP contribution is 2.21. The maximum absolute atomic E-state index is 10.6. The smallest absolute Gasteiger partial charge is 0.277 e. The van der Waals surface area contributed by atoms with Crippen LogP contribution in [0.5, 0.6) is 5.88 Å². The van der Waals surface area contributed by atoms with Gasteiger partial charge in [-0.2, -0.15) is 0 Å². The van der Waals surface area contributed by atoms with Crippen molar-refractivity contribution in [1.29, 1.82) is 0 Å². The number of methoxy groups -OCH3 is 1. The summed E-state index contributed by atoms with van der Waals surface area (Å²) in [5, 5.41) is 10.6. The van der Waals surface area contributed by atoms with Crippen molar-refractivity contribution in [2.24, 2.45) is 0 Å². The van der Waals surface area contributed by atoms with E-state index in [1.165, 1.54) is 6.07 Å². The molecule has 19 heavy (non-hydrogen) atoms. The summed E-state index contributed by atoms with van der Waals surface area (Å²) in [5.74, 6) is 0.111. The maximum atomic E-state index is 10.6. The highest BCUT2D eigenvalue weighted by atomic mass is 35.5. The molecule has 0 unspecified atom stereocenters. The lowest BCUT2D eigenvalue weighted by Gasteiger charge is -2.06. The number of pyridine rings is 1. The molecule has 0 saturated heterocycles. The first-order valence-corrected chi connectivity index (χ1v) is 6.02. The Balaban J connectivity index is 2.31. The SMILES string of the molecule is COCCCOCCOc1cc([N+](=O)[O-])cc(Cl)n1. The second-order valence-electron chi connectivity index (χ2n) is 3.55. The molecular weight excluding hydrogens is 276 g/mol. The molecule has 0 aliphatic carbocycles. The van der Waals surface area contributed by atoms with Crippen LogP contribution in [0, 0.1) is 10.1 Å². The topological polar surface area (TPSA) is 83.7 Å². The summed E-state index contributed by atoms with van der Waals surface area (Å²) in [6, 6.07) is 2.38. The van der Waals surface area contributed by atoms with E-state index in [0.717, 1.165) is 12.5 Å². The molecule has 106 valence electrons. The van der Waals surface area contributed by atoms with Gasteiger partial charge in [-0.3, -0.25) is 10.1 Å². The van der Waals surface area contributed by atoms with Gasteiger partial charge in [-0.05, 0) is 6.42 Å². The van der Waals surface area contributed by atoms with Crippen LogP contribution in [0.1, 0.15) is 6.42 Å². The molecule has 0 N–H and O–H groups in total. The summed E-state index contributed by atoms with van der Waals surface area (Å²) >= 11 is 5.65. The van der Waals surface area contributed by atoms with Gasteiger partial charge in [-0.25, -0.2) is 4.98 Å². The summed E-state index contributed by atoms with van der Waals surface area (Å²) in [4.78, 5) is 13.9. The fourth-order valence-electron chi connectivity index (χ4n) is 1.25. The molecule has 0 atom stereocenters. The number of hydrogen-bond donors (Lipinski definition) is 0. The first-order chi connectivity index (χ1) is 9.13. The molecule has 0 bridgehead atoms. The van der Waals surface area contributed by atoms with Crippen LogP contribution in [-0.4, -0.2) is 43.4 Å². The van der Waals surface area contributed by atoms with Crippen LogP contribution >= 0.6 is 11.6 Å². The number of nitrogens with zero attached hydrogens (tertiary/aromatic N) is 2. The predicted molar refractivity (Wildman–Crippen MR) is 68.7 cm³/mol. The zero-order chi connectivity index (χ0) is 14.1. The van der Waals surface area contributed by atoms with E-state index in [1.54, 1.807) is 7.11 Å². The van der Waals surface area contributed by atoms with Crippen LogP contribution < -0.4 is 4.74 Å². The van der Waals surface area contributed by atoms with Crippen molar-refractivity contribution in [2.45, 2.75) is 6.42 Å². The molecule has 1 aromatic heterocycles. The van der Waals surface area contributed by atoms with Crippen molar-refractivity contribution in [1.82, 2.24) is 4.98 Å². The minimum atomic E-state index is -0.554. The molecule has 0 fully saturated rings. The van der Waals surface area contributed by atoms with Gasteiger partial charge in [0.1, 0.15) is 11.8 Å². The van der Waals surface area contributed by atoms with E-state index in [9.17, 15) is 10.1 Å². The molecule has 8 heteroatoms. The van der Waals surface area contributed by atoms with Gasteiger partial charge in [0.05, 0.1) is 23.7 Å². The lowest BCUT2D eigenvalue weighted by atomic mass is 10.4. The van der Waals surface area contributed by atoms with E-state index in [2.05, 4.69) is 4.98 Å². The molecule has 1 rings (SSSR count). The third-order valence-electron chi connectivity index (χ3n) is 2.08. The van der Waals surface area contributed by atoms with Crippen LogP contribution in [-0.2, 0) is 9.47 Å². The Labute approximate surface area is 115 Å². The van der Waals surface area contributed by atoms with Gasteiger partial charge in [0, 0.05) is 20.3 Å². The first kappa shape index (κ1) is 15.6. The van der Waals surface area contributed by atoms with Crippen LogP contribution in [0.15, 0.2) is 12.1 Å². The molecule has 0 aromatic carbocycles. The number of halogens is 1. The summed E-state index contributed by atoms with van der Waals surface area (Å²) in [5.41, 5.74) is -0.156. The normalized spacial score (nSPS) is 10.4. The second-order valence-corrected chi connectivity index (χ2v) is 3.94. The highest BCUT2D eigenvalue weighted by molar-refractivity contribution is 6.29. The molecule has 1 aromatic rings. The Morgan fingerprint density at radius 2 is 2.11 bits per heavy atom. The first-order valence-electron chi connectivity index (χ1n) is 5.65. The quantitative estimate of drug-likeness (QED) is 0.300. The molecule has 7 nitrogen and oxygen atoms in total. The van der Waals surface area contributed by atoms with E-state index >= 15 is 0 Å². The maximum Gasteiger partial charge on any atom is 0.277 e. The molecule has 0 saturated carbocycles. The van der Waals surface area contributed by atoms with E-state index in [-0.39, 0.29) is 23.3 Å². The molecule has 1 heterocycles. The molecule has 0 aliphatic rings. The number of hydrogen-bond acceptors (Lipinski definition) is 6. The van der Waals surface area contributed by atoms with Gasteiger partial charge < -0.3 is 14.2 Å². The zero-order valence-electron chi connectivity index (χ0n) is 10.5. The fourth-order valence-corrected chi connectivity index (χ4v) is 1.45. The number of rotatable bonds is 9. The van der Waals surface area contributed by atoms with Crippen molar-refractivity contribution in [3.8, 4) is 5.88 Å². The van der Waals surface area contributed by atoms with Gasteiger partial charge >= 0.3 is 0 Å². The molecule has 0 aliphatic heterocycles. The van der Waals surface area contributed by atoms with Gasteiger partial charge in [0.25, 0.3) is 5.69 Å². The van der Waals surface area contributed by atoms with E-state index in [0.29, 0.717) is 19.8 Å². The predicted octanol–water partition coefficient (Wildman–Crippen LogP) is 2.08. The molecule has 0 radical (unpaired) electrons. The van der Waals surface area contributed by atoms with Crippen LogP contribution in [0.4, 0.5) is 5.69 Å². The van der Waals surface area contributed by atoms with Crippen molar-refractivity contribution >= 4 is 17.3 Å².